The van der Waals surface area contributed by atoms with Crippen LogP contribution in [0.4, 0.5) is 0 Å². The van der Waals surface area contributed by atoms with E-state index in [1.807, 2.05) is 13.8 Å². The lowest BCUT2D eigenvalue weighted by atomic mass is 9.90. The molecule has 1 rings (SSSR count). The van der Waals surface area contributed by atoms with E-state index in [0.717, 1.165) is 0 Å². The molecule has 1 atom stereocenters. The first-order valence-electron chi connectivity index (χ1n) is 6.08. The Balaban J connectivity index is 3.24. The Morgan fingerprint density at radius 3 is 2.44 bits per heavy atom. The van der Waals surface area contributed by atoms with Crippen molar-refractivity contribution in [3.05, 3.63) is 11.1 Å². The van der Waals surface area contributed by atoms with Crippen LogP contribution in [0.15, 0.2) is 16.1 Å². The zero-order valence-electron chi connectivity index (χ0n) is 11.5. The van der Waals surface area contributed by atoms with Gasteiger partial charge in [0.1, 0.15) is 16.4 Å². The summed E-state index contributed by atoms with van der Waals surface area (Å²) in [6, 6.07) is 0. The van der Waals surface area contributed by atoms with Gasteiger partial charge in [-0.05, 0) is 26.2 Å². The third-order valence-corrected chi connectivity index (χ3v) is 4.09. The zero-order valence-corrected chi connectivity index (χ0v) is 12.3. The van der Waals surface area contributed by atoms with Gasteiger partial charge in [-0.1, -0.05) is 33.0 Å². The molecule has 0 aliphatic carbocycles. The molecule has 1 heterocycles. The quantitative estimate of drug-likeness (QED) is 0.607. The van der Waals surface area contributed by atoms with E-state index in [1.54, 1.807) is 6.92 Å². The molecule has 0 amide bonds. The van der Waals surface area contributed by atoms with E-state index >= 15 is 0 Å². The fourth-order valence-corrected chi connectivity index (χ4v) is 2.20. The molecule has 0 fully saturated rings. The highest BCUT2D eigenvalue weighted by Crippen LogP contribution is 2.29. The average Bonchev–Trinajstić information content (AvgIpc) is 2.57. The first kappa shape index (κ1) is 14.8. The van der Waals surface area contributed by atoms with Gasteiger partial charge in [-0.2, -0.15) is 0 Å². The normalized spacial score (nSPS) is 24.8. The molecule has 0 radical (unpaired) electrons. The summed E-state index contributed by atoms with van der Waals surface area (Å²) in [6.07, 6.45) is 0.612. The lowest BCUT2D eigenvalue weighted by Crippen LogP contribution is -2.39. The molecule has 0 aromatic heterocycles. The Kier molecular flexibility index (Phi) is 4.27. The molecule has 100 valence electrons. The van der Waals surface area contributed by atoms with Crippen molar-refractivity contribution < 1.29 is 9.90 Å². The van der Waals surface area contributed by atoms with E-state index in [4.69, 9.17) is 17.3 Å². The monoisotopic (exact) mass is 268 g/mol. The van der Waals surface area contributed by atoms with Gasteiger partial charge in [0.05, 0.1) is 0 Å². The summed E-state index contributed by atoms with van der Waals surface area (Å²) >= 11 is 5.33. The number of aliphatic imine (C=N–C) groups is 1. The molecular weight excluding hydrogens is 248 g/mol. The van der Waals surface area contributed by atoms with Crippen LogP contribution in [0.2, 0.25) is 0 Å². The summed E-state index contributed by atoms with van der Waals surface area (Å²) in [6.45, 7) is 9.60. The van der Waals surface area contributed by atoms with Gasteiger partial charge in [0.25, 0.3) is 0 Å². The Morgan fingerprint density at radius 1 is 1.56 bits per heavy atom. The second kappa shape index (κ2) is 5.18. The highest BCUT2D eigenvalue weighted by molar-refractivity contribution is 7.80. The Morgan fingerprint density at radius 2 is 2.11 bits per heavy atom. The fourth-order valence-electron chi connectivity index (χ4n) is 1.82. The van der Waals surface area contributed by atoms with Crippen molar-refractivity contribution in [2.24, 2.45) is 10.9 Å². The van der Waals surface area contributed by atoms with Crippen LogP contribution in [0, 0.1) is 5.92 Å². The van der Waals surface area contributed by atoms with Crippen molar-refractivity contribution >= 4 is 29.0 Å². The summed E-state index contributed by atoms with van der Waals surface area (Å²) in [7, 11) is 0. The molecule has 4 nitrogen and oxygen atoms in total. The van der Waals surface area contributed by atoms with Crippen molar-refractivity contribution in [2.75, 3.05) is 0 Å². The number of carbonyl (C=O) groups is 1. The number of nitrogens with one attached hydrogen (secondary N) is 1. The van der Waals surface area contributed by atoms with Crippen LogP contribution < -0.4 is 5.32 Å². The lowest BCUT2D eigenvalue weighted by Gasteiger charge is -2.24. The molecule has 1 aliphatic rings. The first-order chi connectivity index (χ1) is 8.24. The number of amidine groups is 1. The van der Waals surface area contributed by atoms with Crippen LogP contribution in [-0.2, 0) is 4.79 Å². The number of carboxylic acid groups (broad SMARTS) is 1. The van der Waals surface area contributed by atoms with E-state index < -0.39 is 11.5 Å². The van der Waals surface area contributed by atoms with Crippen LogP contribution in [0.25, 0.3) is 0 Å². The second-order valence-electron chi connectivity index (χ2n) is 4.98. The molecule has 0 saturated carbocycles. The van der Waals surface area contributed by atoms with Crippen molar-refractivity contribution in [2.45, 2.75) is 46.6 Å². The van der Waals surface area contributed by atoms with Crippen molar-refractivity contribution in [3.63, 3.8) is 0 Å². The predicted molar refractivity (Wildman–Crippen MR) is 77.0 cm³/mol. The number of hydrogen-bond donors (Lipinski definition) is 2. The van der Waals surface area contributed by atoms with Crippen LogP contribution in [-0.4, -0.2) is 27.4 Å². The first-order valence-corrected chi connectivity index (χ1v) is 6.49. The minimum atomic E-state index is -0.916. The van der Waals surface area contributed by atoms with Crippen LogP contribution in [0.1, 0.15) is 41.0 Å². The summed E-state index contributed by atoms with van der Waals surface area (Å²) in [5.74, 6) is -0.0442. The fraction of sp³-hybridized carbons (Fsp3) is 0.615. The maximum absolute atomic E-state index is 11.1. The smallest absolute Gasteiger partial charge is 0.331 e. The molecule has 1 unspecified atom stereocenters. The minimum Gasteiger partial charge on any atom is -0.478 e. The zero-order chi connectivity index (χ0) is 14.1. The van der Waals surface area contributed by atoms with E-state index in [2.05, 4.69) is 24.2 Å². The van der Waals surface area contributed by atoms with Crippen molar-refractivity contribution in [1.82, 2.24) is 5.32 Å². The maximum atomic E-state index is 11.1. The number of hydrogen-bond acceptors (Lipinski definition) is 3. The van der Waals surface area contributed by atoms with Gasteiger partial charge in [0.2, 0.25) is 0 Å². The van der Waals surface area contributed by atoms with Gasteiger partial charge in [0.15, 0.2) is 0 Å². The number of rotatable bonds is 4. The van der Waals surface area contributed by atoms with Gasteiger partial charge < -0.3 is 10.4 Å². The van der Waals surface area contributed by atoms with Crippen molar-refractivity contribution in [3.8, 4) is 0 Å². The SMILES string of the molecule is CC/C(C1=NC(C)(C(C)C)C(=S)N1)=C(\C)C(=O)O. The highest BCUT2D eigenvalue weighted by atomic mass is 32.1. The van der Waals surface area contributed by atoms with Gasteiger partial charge in [0, 0.05) is 11.1 Å². The Labute approximate surface area is 113 Å². The molecule has 0 aromatic carbocycles. The lowest BCUT2D eigenvalue weighted by molar-refractivity contribution is -0.132. The topological polar surface area (TPSA) is 61.7 Å². The molecule has 0 saturated heterocycles. The summed E-state index contributed by atoms with van der Waals surface area (Å²) in [5, 5.41) is 12.1. The van der Waals surface area contributed by atoms with Gasteiger partial charge >= 0.3 is 5.97 Å². The maximum Gasteiger partial charge on any atom is 0.331 e. The molecule has 5 heteroatoms. The molecule has 2 N–H and O–H groups in total. The van der Waals surface area contributed by atoms with Gasteiger partial charge in [-0.3, -0.25) is 4.99 Å². The summed E-state index contributed by atoms with van der Waals surface area (Å²) in [5.41, 5.74) is 0.595. The second-order valence-corrected chi connectivity index (χ2v) is 5.39. The summed E-state index contributed by atoms with van der Waals surface area (Å²) in [4.78, 5) is 16.3. The molecule has 18 heavy (non-hydrogen) atoms. The third kappa shape index (κ3) is 2.46. The van der Waals surface area contributed by atoms with Crippen molar-refractivity contribution in [1.29, 1.82) is 0 Å². The number of nitrogens with zero attached hydrogens (tertiary/aromatic N) is 1. The van der Waals surface area contributed by atoms with E-state index in [9.17, 15) is 4.79 Å². The molecule has 0 aromatic rings. The van der Waals surface area contributed by atoms with E-state index in [0.29, 0.717) is 28.4 Å². The van der Waals surface area contributed by atoms with E-state index in [1.165, 1.54) is 0 Å². The summed E-state index contributed by atoms with van der Waals surface area (Å²) < 4.78 is 0. The van der Waals surface area contributed by atoms with Crippen LogP contribution in [0.5, 0.6) is 0 Å². The Bertz CT molecular complexity index is 452. The molecular formula is C13H20N2O2S. The standard InChI is InChI=1S/C13H20N2O2S/c1-6-9(8(4)11(16)17)10-14-12(18)13(5,15-10)7(2)3/h7H,6H2,1-5H3,(H,16,17)(H,14,15,18)/b9-8-. The highest BCUT2D eigenvalue weighted by Gasteiger charge is 2.39. The van der Waals surface area contributed by atoms with E-state index in [-0.39, 0.29) is 5.92 Å². The average molecular weight is 268 g/mol. The largest absolute Gasteiger partial charge is 0.478 e. The van der Waals surface area contributed by atoms with Crippen LogP contribution >= 0.6 is 12.2 Å². The van der Waals surface area contributed by atoms with Gasteiger partial charge in [-0.15, -0.1) is 0 Å². The third-order valence-electron chi connectivity index (χ3n) is 3.57. The number of thiocarbonyl (C=S) groups is 1. The number of aliphatic carboxylic acids is 1. The Hall–Kier alpha value is -1.23. The van der Waals surface area contributed by atoms with Gasteiger partial charge in [-0.25, -0.2) is 4.79 Å². The molecule has 0 bridgehead atoms. The minimum absolute atomic E-state index is 0.262. The molecule has 0 spiro atoms. The molecule has 1 aliphatic heterocycles. The predicted octanol–water partition coefficient (Wildman–Crippen LogP) is 2.54. The van der Waals surface area contributed by atoms with Crippen LogP contribution in [0.3, 0.4) is 0 Å². The number of carboxylic acids is 1.